The van der Waals surface area contributed by atoms with Gasteiger partial charge in [-0.2, -0.15) is 0 Å². The first-order chi connectivity index (χ1) is 8.20. The number of amides is 2. The van der Waals surface area contributed by atoms with Crippen molar-refractivity contribution in [1.29, 1.82) is 0 Å². The number of ether oxygens (including phenoxy) is 1. The number of methoxy groups -OCH3 is 1. The number of carbonyl (C=O) groups excluding carboxylic acids is 2. The number of hydrogen-bond donors (Lipinski definition) is 2. The number of carbonyl (C=O) groups is 2. The van der Waals surface area contributed by atoms with Crippen LogP contribution in [0.1, 0.15) is 26.2 Å². The molecule has 2 amide bonds. The van der Waals surface area contributed by atoms with Crippen LogP contribution in [0, 0.1) is 11.8 Å². The predicted octanol–water partition coefficient (Wildman–Crippen LogP) is 0.301. The van der Waals surface area contributed by atoms with E-state index in [1.54, 1.807) is 7.11 Å². The van der Waals surface area contributed by atoms with Crippen molar-refractivity contribution in [2.24, 2.45) is 11.8 Å². The lowest BCUT2D eigenvalue weighted by molar-refractivity contribution is -0.127. The molecule has 0 radical (unpaired) electrons. The van der Waals surface area contributed by atoms with Gasteiger partial charge >= 0.3 is 0 Å². The molecule has 0 aliphatic heterocycles. The van der Waals surface area contributed by atoms with Crippen LogP contribution in [0.3, 0.4) is 0 Å². The second kappa shape index (κ2) is 7.27. The van der Waals surface area contributed by atoms with Gasteiger partial charge in [0.25, 0.3) is 0 Å². The van der Waals surface area contributed by atoms with Crippen molar-refractivity contribution in [2.75, 3.05) is 26.8 Å². The van der Waals surface area contributed by atoms with Crippen LogP contribution in [0.5, 0.6) is 0 Å². The van der Waals surface area contributed by atoms with E-state index >= 15 is 0 Å². The Bertz CT molecular complexity index is 242. The molecule has 2 unspecified atom stereocenters. The third kappa shape index (κ3) is 4.73. The van der Waals surface area contributed by atoms with Gasteiger partial charge in [-0.3, -0.25) is 9.59 Å². The summed E-state index contributed by atoms with van der Waals surface area (Å²) in [5.41, 5.74) is 0. The number of rotatable bonds is 8. The molecule has 0 aromatic rings. The molecular weight excluding hydrogens is 220 g/mol. The van der Waals surface area contributed by atoms with Crippen LogP contribution in [0.25, 0.3) is 0 Å². The highest BCUT2D eigenvalue weighted by Gasteiger charge is 2.47. The molecule has 1 aliphatic rings. The zero-order valence-corrected chi connectivity index (χ0v) is 10.6. The molecule has 2 N–H and O–H groups in total. The lowest BCUT2D eigenvalue weighted by Crippen LogP contribution is -2.32. The van der Waals surface area contributed by atoms with Crippen LogP contribution < -0.4 is 10.6 Å². The largest absolute Gasteiger partial charge is 0.383 e. The molecule has 5 nitrogen and oxygen atoms in total. The predicted molar refractivity (Wildman–Crippen MR) is 64.4 cm³/mol. The Labute approximate surface area is 102 Å². The fourth-order valence-corrected chi connectivity index (χ4v) is 1.70. The van der Waals surface area contributed by atoms with Gasteiger partial charge in [0.1, 0.15) is 0 Å². The van der Waals surface area contributed by atoms with Crippen molar-refractivity contribution in [1.82, 2.24) is 10.6 Å². The van der Waals surface area contributed by atoms with Gasteiger partial charge in [-0.25, -0.2) is 0 Å². The summed E-state index contributed by atoms with van der Waals surface area (Å²) in [6.45, 7) is 3.81. The van der Waals surface area contributed by atoms with Crippen LogP contribution >= 0.6 is 0 Å². The van der Waals surface area contributed by atoms with Crippen LogP contribution in [0.15, 0.2) is 0 Å². The van der Waals surface area contributed by atoms with Gasteiger partial charge < -0.3 is 15.4 Å². The van der Waals surface area contributed by atoms with Crippen molar-refractivity contribution in [3.05, 3.63) is 0 Å². The van der Waals surface area contributed by atoms with Gasteiger partial charge in [0.05, 0.1) is 18.4 Å². The number of nitrogens with one attached hydrogen (secondary N) is 2. The summed E-state index contributed by atoms with van der Waals surface area (Å²) in [5, 5.41) is 5.61. The highest BCUT2D eigenvalue weighted by atomic mass is 16.5. The molecule has 0 spiro atoms. The van der Waals surface area contributed by atoms with Crippen LogP contribution in [0.4, 0.5) is 0 Å². The van der Waals surface area contributed by atoms with E-state index in [-0.39, 0.29) is 23.7 Å². The van der Waals surface area contributed by atoms with Gasteiger partial charge in [-0.05, 0) is 12.8 Å². The van der Waals surface area contributed by atoms with Gasteiger partial charge in [0.15, 0.2) is 0 Å². The van der Waals surface area contributed by atoms with Gasteiger partial charge in [0, 0.05) is 20.2 Å². The SMILES string of the molecule is CCCCNC(=O)C1CC1C(=O)NCCOC. The molecule has 1 rings (SSSR count). The van der Waals surface area contributed by atoms with Gasteiger partial charge in [0.2, 0.25) is 11.8 Å². The van der Waals surface area contributed by atoms with Crippen molar-refractivity contribution in [3.63, 3.8) is 0 Å². The topological polar surface area (TPSA) is 67.4 Å². The van der Waals surface area contributed by atoms with Crippen molar-refractivity contribution in [2.45, 2.75) is 26.2 Å². The Hall–Kier alpha value is -1.10. The summed E-state index contributed by atoms with van der Waals surface area (Å²) in [6.07, 6.45) is 2.73. The minimum absolute atomic E-state index is 0.0188. The van der Waals surface area contributed by atoms with Crippen molar-refractivity contribution >= 4 is 11.8 Å². The third-order valence-electron chi connectivity index (χ3n) is 2.90. The maximum Gasteiger partial charge on any atom is 0.224 e. The average molecular weight is 242 g/mol. The molecule has 0 heterocycles. The molecule has 0 aromatic carbocycles. The van der Waals surface area contributed by atoms with E-state index in [1.807, 2.05) is 0 Å². The molecule has 17 heavy (non-hydrogen) atoms. The minimum Gasteiger partial charge on any atom is -0.383 e. The van der Waals surface area contributed by atoms with Crippen LogP contribution in [-0.4, -0.2) is 38.6 Å². The number of unbranched alkanes of at least 4 members (excludes halogenated alkanes) is 1. The Balaban J connectivity index is 2.14. The lowest BCUT2D eigenvalue weighted by Gasteiger charge is -2.05. The van der Waals surface area contributed by atoms with Crippen molar-refractivity contribution in [3.8, 4) is 0 Å². The first-order valence-electron chi connectivity index (χ1n) is 6.25. The average Bonchev–Trinajstić information content (AvgIpc) is 3.09. The second-order valence-corrected chi connectivity index (χ2v) is 4.38. The zero-order valence-electron chi connectivity index (χ0n) is 10.6. The summed E-state index contributed by atoms with van der Waals surface area (Å²) in [5.74, 6) is -0.258. The Morgan fingerprint density at radius 1 is 1.18 bits per heavy atom. The van der Waals surface area contributed by atoms with Crippen molar-refractivity contribution < 1.29 is 14.3 Å². The summed E-state index contributed by atoms with van der Waals surface area (Å²) < 4.78 is 4.84. The first kappa shape index (κ1) is 14.0. The molecule has 98 valence electrons. The molecule has 0 aromatic heterocycles. The maximum atomic E-state index is 11.6. The molecule has 0 bridgehead atoms. The van der Waals surface area contributed by atoms with E-state index in [0.717, 1.165) is 12.8 Å². The minimum atomic E-state index is -0.131. The Kier molecular flexibility index (Phi) is 5.97. The third-order valence-corrected chi connectivity index (χ3v) is 2.90. The fraction of sp³-hybridized carbons (Fsp3) is 0.833. The van der Waals surface area contributed by atoms with E-state index in [9.17, 15) is 9.59 Å². The monoisotopic (exact) mass is 242 g/mol. The number of hydrogen-bond acceptors (Lipinski definition) is 3. The fourth-order valence-electron chi connectivity index (χ4n) is 1.70. The van der Waals surface area contributed by atoms with E-state index in [1.165, 1.54) is 0 Å². The zero-order chi connectivity index (χ0) is 12.7. The molecule has 1 saturated carbocycles. The molecule has 2 atom stereocenters. The summed E-state index contributed by atoms with van der Waals surface area (Å²) in [6, 6.07) is 0. The molecule has 1 fully saturated rings. The smallest absolute Gasteiger partial charge is 0.224 e. The standard InChI is InChI=1S/C12H22N2O3/c1-3-4-5-13-11(15)9-8-10(9)12(16)14-6-7-17-2/h9-10H,3-8H2,1-2H3,(H,13,15)(H,14,16). The van der Waals surface area contributed by atoms with Crippen LogP contribution in [0.2, 0.25) is 0 Å². The summed E-state index contributed by atoms with van der Waals surface area (Å²) >= 11 is 0. The van der Waals surface area contributed by atoms with E-state index in [2.05, 4.69) is 17.6 Å². The molecule has 1 aliphatic carbocycles. The normalized spacial score (nSPS) is 22.0. The molecule has 5 heteroatoms. The van der Waals surface area contributed by atoms with Crippen LogP contribution in [-0.2, 0) is 14.3 Å². The van der Waals surface area contributed by atoms with E-state index < -0.39 is 0 Å². The molecule has 0 saturated heterocycles. The maximum absolute atomic E-state index is 11.6. The Morgan fingerprint density at radius 2 is 1.76 bits per heavy atom. The van der Waals surface area contributed by atoms with E-state index in [4.69, 9.17) is 4.74 Å². The first-order valence-corrected chi connectivity index (χ1v) is 6.25. The Morgan fingerprint density at radius 3 is 2.29 bits per heavy atom. The highest BCUT2D eigenvalue weighted by Crippen LogP contribution is 2.38. The highest BCUT2D eigenvalue weighted by molar-refractivity contribution is 5.92. The van der Waals surface area contributed by atoms with Gasteiger partial charge in [-0.1, -0.05) is 13.3 Å². The summed E-state index contributed by atoms with van der Waals surface area (Å²) in [7, 11) is 1.59. The van der Waals surface area contributed by atoms with E-state index in [0.29, 0.717) is 26.1 Å². The second-order valence-electron chi connectivity index (χ2n) is 4.38. The van der Waals surface area contributed by atoms with Gasteiger partial charge in [-0.15, -0.1) is 0 Å². The quantitative estimate of drug-likeness (QED) is 0.602. The summed E-state index contributed by atoms with van der Waals surface area (Å²) in [4.78, 5) is 23.2. The molecular formula is C12H22N2O3. The lowest BCUT2D eigenvalue weighted by atomic mass is 10.2.